The zero-order chi connectivity index (χ0) is 18.3. The van der Waals surface area contributed by atoms with Crippen molar-refractivity contribution in [2.24, 2.45) is 11.8 Å². The lowest BCUT2D eigenvalue weighted by molar-refractivity contribution is 0.313. The topological polar surface area (TPSA) is 58.9 Å². The summed E-state index contributed by atoms with van der Waals surface area (Å²) in [7, 11) is 2.92. The molecule has 2 N–H and O–H groups in total. The third-order valence-corrected chi connectivity index (χ3v) is 5.12. The molecule has 0 unspecified atom stereocenters. The van der Waals surface area contributed by atoms with Gasteiger partial charge in [0.2, 0.25) is 11.5 Å². The molecule has 0 fully saturated rings. The molecule has 2 atom stereocenters. The Hall–Kier alpha value is -1.58. The van der Waals surface area contributed by atoms with Gasteiger partial charge in [0, 0.05) is 11.1 Å². The van der Waals surface area contributed by atoms with Gasteiger partial charge >= 0.3 is 0 Å². The Morgan fingerprint density at radius 3 is 1.96 bits per heavy atom. The molecular formula is C20H34O4. The van der Waals surface area contributed by atoms with Gasteiger partial charge in [-0.2, -0.15) is 0 Å². The Kier molecular flexibility index (Phi) is 8.23. The van der Waals surface area contributed by atoms with Gasteiger partial charge in [-0.3, -0.25) is 0 Å². The van der Waals surface area contributed by atoms with E-state index in [1.165, 1.54) is 39.9 Å². The van der Waals surface area contributed by atoms with Gasteiger partial charge in [0.25, 0.3) is 0 Å². The number of aromatic hydroxyl groups is 2. The van der Waals surface area contributed by atoms with Crippen LogP contribution in [0.5, 0.6) is 23.0 Å². The van der Waals surface area contributed by atoms with Gasteiger partial charge in [0.05, 0.1) is 14.2 Å². The van der Waals surface area contributed by atoms with Gasteiger partial charge in [-0.05, 0) is 31.6 Å². The fourth-order valence-electron chi connectivity index (χ4n) is 3.08. The maximum absolute atomic E-state index is 10.5. The second-order valence-corrected chi connectivity index (χ2v) is 6.96. The van der Waals surface area contributed by atoms with Crippen LogP contribution < -0.4 is 9.47 Å². The van der Waals surface area contributed by atoms with Crippen molar-refractivity contribution in [2.45, 2.75) is 66.2 Å². The maximum Gasteiger partial charge on any atom is 0.207 e. The number of benzene rings is 1. The molecule has 0 radical (unpaired) electrons. The number of phenolic OH excluding ortho intramolecular Hbond substituents is 2. The maximum atomic E-state index is 10.5. The van der Waals surface area contributed by atoms with Crippen LogP contribution in [0, 0.1) is 18.8 Å². The van der Waals surface area contributed by atoms with Crippen molar-refractivity contribution in [3.05, 3.63) is 11.1 Å². The number of rotatable bonds is 10. The second-order valence-electron chi connectivity index (χ2n) is 6.96. The first-order valence-electron chi connectivity index (χ1n) is 9.02. The van der Waals surface area contributed by atoms with E-state index in [1.807, 2.05) is 0 Å². The van der Waals surface area contributed by atoms with E-state index in [4.69, 9.17) is 9.47 Å². The minimum atomic E-state index is 0.0478. The van der Waals surface area contributed by atoms with Gasteiger partial charge in [0.15, 0.2) is 11.5 Å². The lowest BCUT2D eigenvalue weighted by Crippen LogP contribution is -2.03. The zero-order valence-electron chi connectivity index (χ0n) is 16.1. The first-order valence-corrected chi connectivity index (χ1v) is 9.02. The van der Waals surface area contributed by atoms with Crippen LogP contribution in [-0.2, 0) is 6.42 Å². The summed E-state index contributed by atoms with van der Waals surface area (Å²) in [6.07, 6.45) is 6.66. The van der Waals surface area contributed by atoms with Crippen LogP contribution >= 0.6 is 0 Å². The zero-order valence-corrected chi connectivity index (χ0v) is 16.1. The summed E-state index contributed by atoms with van der Waals surface area (Å²) in [6, 6.07) is 0. The van der Waals surface area contributed by atoms with Crippen LogP contribution in [0.3, 0.4) is 0 Å². The molecule has 4 nitrogen and oxygen atoms in total. The summed E-state index contributed by atoms with van der Waals surface area (Å²) in [5, 5.41) is 20.8. The monoisotopic (exact) mass is 338 g/mol. The second kappa shape index (κ2) is 9.65. The predicted octanol–water partition coefficient (Wildman–Crippen LogP) is 5.21. The molecule has 0 aliphatic carbocycles. The molecule has 0 saturated heterocycles. The quantitative estimate of drug-likeness (QED) is 0.575. The Morgan fingerprint density at radius 2 is 1.42 bits per heavy atom. The minimum Gasteiger partial charge on any atom is -0.504 e. The highest BCUT2D eigenvalue weighted by Crippen LogP contribution is 2.48. The van der Waals surface area contributed by atoms with Gasteiger partial charge < -0.3 is 19.7 Å². The fourth-order valence-corrected chi connectivity index (χ4v) is 3.08. The van der Waals surface area contributed by atoms with Gasteiger partial charge in [0.1, 0.15) is 0 Å². The molecule has 0 amide bonds. The molecule has 0 saturated carbocycles. The van der Waals surface area contributed by atoms with Crippen molar-refractivity contribution in [3.63, 3.8) is 0 Å². The minimum absolute atomic E-state index is 0.0478. The van der Waals surface area contributed by atoms with Crippen molar-refractivity contribution in [2.75, 3.05) is 14.2 Å². The van der Waals surface area contributed by atoms with Gasteiger partial charge in [-0.1, -0.05) is 46.5 Å². The number of hydrogen-bond acceptors (Lipinski definition) is 4. The van der Waals surface area contributed by atoms with Crippen LogP contribution in [0.2, 0.25) is 0 Å². The van der Waals surface area contributed by atoms with E-state index >= 15 is 0 Å². The summed E-state index contributed by atoms with van der Waals surface area (Å²) in [5.41, 5.74) is 1.41. The lowest BCUT2D eigenvalue weighted by Gasteiger charge is -2.19. The highest BCUT2D eigenvalue weighted by molar-refractivity contribution is 5.65. The first-order chi connectivity index (χ1) is 11.4. The number of hydrogen-bond donors (Lipinski definition) is 2. The molecule has 4 heteroatoms. The van der Waals surface area contributed by atoms with Crippen molar-refractivity contribution in [3.8, 4) is 23.0 Å². The van der Waals surface area contributed by atoms with Crippen LogP contribution in [-0.4, -0.2) is 24.4 Å². The van der Waals surface area contributed by atoms with E-state index in [2.05, 4.69) is 20.8 Å². The molecule has 138 valence electrons. The Balaban J connectivity index is 2.76. The first kappa shape index (κ1) is 20.5. The number of ether oxygens (including phenoxy) is 2. The molecule has 0 aromatic heterocycles. The van der Waals surface area contributed by atoms with Crippen molar-refractivity contribution in [1.82, 2.24) is 0 Å². The predicted molar refractivity (Wildman–Crippen MR) is 98.4 cm³/mol. The third kappa shape index (κ3) is 4.96. The molecule has 0 heterocycles. The van der Waals surface area contributed by atoms with E-state index in [0.717, 1.165) is 24.3 Å². The van der Waals surface area contributed by atoms with Crippen molar-refractivity contribution >= 4 is 0 Å². The van der Waals surface area contributed by atoms with E-state index in [0.29, 0.717) is 11.5 Å². The summed E-state index contributed by atoms with van der Waals surface area (Å²) in [5.74, 6) is 1.91. The SMILES string of the molecule is CC[C@@H](C)CCC[C@@H](C)CCc1c(C)c(O)c(OC)c(OC)c1O. The Labute approximate surface area is 146 Å². The van der Waals surface area contributed by atoms with Gasteiger partial charge in [-0.25, -0.2) is 0 Å². The average molecular weight is 338 g/mol. The summed E-state index contributed by atoms with van der Waals surface area (Å²) < 4.78 is 10.4. The Bertz CT molecular complexity index is 525. The van der Waals surface area contributed by atoms with Crippen LogP contribution in [0.1, 0.15) is 64.0 Å². The van der Waals surface area contributed by atoms with E-state index < -0.39 is 0 Å². The molecule has 0 aliphatic heterocycles. The molecule has 0 aliphatic rings. The standard InChI is InChI=1S/C20H34O4/c1-7-13(2)9-8-10-14(3)11-12-16-15(4)17(21)19(23-5)20(24-6)18(16)22/h13-14,21-22H,7-12H2,1-6H3/t13-,14-/m1/s1. The van der Waals surface area contributed by atoms with E-state index in [-0.39, 0.29) is 23.0 Å². The van der Waals surface area contributed by atoms with Gasteiger partial charge in [-0.15, -0.1) is 0 Å². The van der Waals surface area contributed by atoms with Crippen LogP contribution in [0.15, 0.2) is 0 Å². The normalized spacial score (nSPS) is 13.6. The van der Waals surface area contributed by atoms with Crippen LogP contribution in [0.25, 0.3) is 0 Å². The average Bonchev–Trinajstić information content (AvgIpc) is 2.57. The number of phenols is 2. The fraction of sp³-hybridized carbons (Fsp3) is 0.700. The van der Waals surface area contributed by atoms with Crippen LogP contribution in [0.4, 0.5) is 0 Å². The highest BCUT2D eigenvalue weighted by Gasteiger charge is 2.23. The largest absolute Gasteiger partial charge is 0.504 e. The highest BCUT2D eigenvalue weighted by atomic mass is 16.5. The summed E-state index contributed by atoms with van der Waals surface area (Å²) >= 11 is 0. The van der Waals surface area contributed by atoms with E-state index in [1.54, 1.807) is 6.92 Å². The number of methoxy groups -OCH3 is 2. The molecule has 24 heavy (non-hydrogen) atoms. The summed E-state index contributed by atoms with van der Waals surface area (Å²) in [6.45, 7) is 8.60. The molecule has 1 rings (SSSR count). The molecule has 0 bridgehead atoms. The van der Waals surface area contributed by atoms with Crippen molar-refractivity contribution in [1.29, 1.82) is 0 Å². The third-order valence-electron chi connectivity index (χ3n) is 5.12. The Morgan fingerprint density at radius 1 is 0.875 bits per heavy atom. The smallest absolute Gasteiger partial charge is 0.207 e. The molecule has 1 aromatic rings. The molecular weight excluding hydrogens is 304 g/mol. The molecule has 1 aromatic carbocycles. The van der Waals surface area contributed by atoms with E-state index in [9.17, 15) is 10.2 Å². The van der Waals surface area contributed by atoms with Crippen molar-refractivity contribution < 1.29 is 19.7 Å². The summed E-state index contributed by atoms with van der Waals surface area (Å²) in [4.78, 5) is 0. The molecule has 0 spiro atoms. The lowest BCUT2D eigenvalue weighted by atomic mass is 9.91.